The van der Waals surface area contributed by atoms with Gasteiger partial charge in [0.15, 0.2) is 0 Å². The van der Waals surface area contributed by atoms with Gasteiger partial charge in [0.2, 0.25) is 5.91 Å². The molecule has 0 spiro atoms. The van der Waals surface area contributed by atoms with Crippen molar-refractivity contribution in [2.24, 2.45) is 17.8 Å². The Morgan fingerprint density at radius 1 is 0.957 bits per heavy atom. The number of nitrogens with one attached hydrogen (secondary N) is 1. The van der Waals surface area contributed by atoms with Crippen LogP contribution in [0.5, 0.6) is 0 Å². The molecule has 3 saturated carbocycles. The standard InChI is InChI=1S/C19H32N2O2/c22-15-10-11-21(12-15)17-9-3-8-16(17)20-19(23)18(13-4-1-5-13)14-6-2-7-14/h13-18,22H,1-12H2,(H,20,23)/t15?,16-,17+/m1/s1. The number of aliphatic hydroxyl groups is 1. The van der Waals surface area contributed by atoms with Crippen LogP contribution in [0.4, 0.5) is 0 Å². The molecule has 4 heteroatoms. The fourth-order valence-corrected chi connectivity index (χ4v) is 5.31. The summed E-state index contributed by atoms with van der Waals surface area (Å²) in [5.74, 6) is 1.97. The predicted molar refractivity (Wildman–Crippen MR) is 89.9 cm³/mol. The molecule has 4 rings (SSSR count). The van der Waals surface area contributed by atoms with E-state index in [1.54, 1.807) is 0 Å². The van der Waals surface area contributed by atoms with Crippen molar-refractivity contribution in [3.8, 4) is 0 Å². The molecule has 23 heavy (non-hydrogen) atoms. The summed E-state index contributed by atoms with van der Waals surface area (Å²) < 4.78 is 0. The number of rotatable bonds is 5. The van der Waals surface area contributed by atoms with Gasteiger partial charge in [-0.05, 0) is 63.2 Å². The number of amides is 1. The molecule has 0 aromatic heterocycles. The molecule has 0 radical (unpaired) electrons. The SMILES string of the molecule is O=C(N[C@@H]1CCC[C@@H]1N1CCC(O)C1)C(C1CCC1)C1CCC1. The van der Waals surface area contributed by atoms with Gasteiger partial charge in [0.25, 0.3) is 0 Å². The number of β-amino-alcohol motifs (C(OH)–C–C–N with tert-alkyl or cyclic N) is 1. The first-order valence-electron chi connectivity index (χ1n) is 9.95. The molecule has 1 heterocycles. The number of hydrogen-bond acceptors (Lipinski definition) is 3. The number of aliphatic hydroxyl groups excluding tert-OH is 1. The number of nitrogens with zero attached hydrogens (tertiary/aromatic N) is 1. The first-order valence-corrected chi connectivity index (χ1v) is 9.95. The molecular formula is C19H32N2O2. The zero-order chi connectivity index (χ0) is 15.8. The summed E-state index contributed by atoms with van der Waals surface area (Å²) in [6, 6.07) is 0.773. The van der Waals surface area contributed by atoms with Crippen molar-refractivity contribution in [2.75, 3.05) is 13.1 Å². The normalized spacial score (nSPS) is 36.2. The quantitative estimate of drug-likeness (QED) is 0.817. The fourth-order valence-electron chi connectivity index (χ4n) is 5.31. The molecule has 0 bridgehead atoms. The van der Waals surface area contributed by atoms with Gasteiger partial charge in [-0.25, -0.2) is 0 Å². The van der Waals surface area contributed by atoms with E-state index in [4.69, 9.17) is 0 Å². The molecule has 4 aliphatic rings. The molecule has 130 valence electrons. The topological polar surface area (TPSA) is 52.6 Å². The third-order valence-electron chi connectivity index (χ3n) is 7.09. The van der Waals surface area contributed by atoms with E-state index in [2.05, 4.69) is 10.2 Å². The number of carbonyl (C=O) groups is 1. The Hall–Kier alpha value is -0.610. The molecular weight excluding hydrogens is 288 g/mol. The van der Waals surface area contributed by atoms with Crippen molar-refractivity contribution >= 4 is 5.91 Å². The molecule has 1 amide bonds. The van der Waals surface area contributed by atoms with Crippen LogP contribution in [0.3, 0.4) is 0 Å². The highest BCUT2D eigenvalue weighted by atomic mass is 16.3. The van der Waals surface area contributed by atoms with E-state index in [-0.39, 0.29) is 6.10 Å². The minimum Gasteiger partial charge on any atom is -0.392 e. The summed E-state index contributed by atoms with van der Waals surface area (Å²) in [6.07, 6.45) is 11.9. The first kappa shape index (κ1) is 15.9. The zero-order valence-electron chi connectivity index (χ0n) is 14.3. The first-order chi connectivity index (χ1) is 11.2. The Balaban J connectivity index is 1.38. The van der Waals surface area contributed by atoms with E-state index >= 15 is 0 Å². The molecule has 3 atom stereocenters. The molecule has 0 aromatic carbocycles. The number of likely N-dealkylation sites (tertiary alicyclic amines) is 1. The van der Waals surface area contributed by atoms with Crippen LogP contribution in [0.2, 0.25) is 0 Å². The predicted octanol–water partition coefficient (Wildman–Crippen LogP) is 2.31. The van der Waals surface area contributed by atoms with Gasteiger partial charge in [-0.15, -0.1) is 0 Å². The van der Waals surface area contributed by atoms with Gasteiger partial charge in [0.1, 0.15) is 0 Å². The molecule has 4 nitrogen and oxygen atoms in total. The van der Waals surface area contributed by atoms with Crippen LogP contribution in [0, 0.1) is 17.8 Å². The van der Waals surface area contributed by atoms with Crippen LogP contribution in [0.25, 0.3) is 0 Å². The van der Waals surface area contributed by atoms with Crippen LogP contribution in [-0.2, 0) is 4.79 Å². The molecule has 2 N–H and O–H groups in total. The lowest BCUT2D eigenvalue weighted by molar-refractivity contribution is -0.132. The van der Waals surface area contributed by atoms with Gasteiger partial charge in [-0.3, -0.25) is 9.69 Å². The molecule has 1 saturated heterocycles. The number of hydrogen-bond donors (Lipinski definition) is 2. The van der Waals surface area contributed by atoms with Gasteiger partial charge in [0.05, 0.1) is 6.10 Å². The average molecular weight is 320 g/mol. The van der Waals surface area contributed by atoms with Crippen LogP contribution >= 0.6 is 0 Å². The Kier molecular flexibility index (Phi) is 4.64. The summed E-state index contributed by atoms with van der Waals surface area (Å²) in [4.78, 5) is 15.4. The highest BCUT2D eigenvalue weighted by molar-refractivity contribution is 5.80. The smallest absolute Gasteiger partial charge is 0.223 e. The molecule has 1 unspecified atom stereocenters. The maximum absolute atomic E-state index is 13.0. The van der Waals surface area contributed by atoms with Crippen molar-refractivity contribution in [3.63, 3.8) is 0 Å². The van der Waals surface area contributed by atoms with Gasteiger partial charge in [-0.2, -0.15) is 0 Å². The summed E-state index contributed by atoms with van der Waals surface area (Å²) in [5, 5.41) is 13.3. The Labute approximate surface area is 140 Å². The fraction of sp³-hybridized carbons (Fsp3) is 0.947. The largest absolute Gasteiger partial charge is 0.392 e. The van der Waals surface area contributed by atoms with Crippen molar-refractivity contribution in [1.29, 1.82) is 0 Å². The Morgan fingerprint density at radius 2 is 1.61 bits per heavy atom. The van der Waals surface area contributed by atoms with E-state index in [9.17, 15) is 9.90 Å². The summed E-state index contributed by atoms with van der Waals surface area (Å²) in [5.41, 5.74) is 0. The lowest BCUT2D eigenvalue weighted by Gasteiger charge is -2.42. The molecule has 3 aliphatic carbocycles. The lowest BCUT2D eigenvalue weighted by Crippen LogP contribution is -2.52. The maximum atomic E-state index is 13.0. The second-order valence-electron chi connectivity index (χ2n) is 8.46. The van der Waals surface area contributed by atoms with E-state index < -0.39 is 0 Å². The molecule has 0 aromatic rings. The van der Waals surface area contributed by atoms with Gasteiger partial charge in [-0.1, -0.05) is 12.8 Å². The molecule has 4 fully saturated rings. The highest BCUT2D eigenvalue weighted by Crippen LogP contribution is 2.44. The van der Waals surface area contributed by atoms with E-state index in [0.29, 0.717) is 35.7 Å². The minimum absolute atomic E-state index is 0.162. The van der Waals surface area contributed by atoms with Crippen LogP contribution in [-0.4, -0.2) is 47.2 Å². The van der Waals surface area contributed by atoms with Crippen LogP contribution < -0.4 is 5.32 Å². The average Bonchev–Trinajstić information content (AvgIpc) is 3.02. The second-order valence-corrected chi connectivity index (χ2v) is 8.46. The third-order valence-corrected chi connectivity index (χ3v) is 7.09. The van der Waals surface area contributed by atoms with Crippen molar-refractivity contribution < 1.29 is 9.90 Å². The van der Waals surface area contributed by atoms with Crippen molar-refractivity contribution in [1.82, 2.24) is 10.2 Å². The minimum atomic E-state index is -0.162. The van der Waals surface area contributed by atoms with E-state index in [1.807, 2.05) is 0 Å². The summed E-state index contributed by atoms with van der Waals surface area (Å²) in [6.45, 7) is 1.79. The maximum Gasteiger partial charge on any atom is 0.223 e. The number of carbonyl (C=O) groups excluding carboxylic acids is 1. The summed E-state index contributed by atoms with van der Waals surface area (Å²) >= 11 is 0. The van der Waals surface area contributed by atoms with Crippen LogP contribution in [0.1, 0.15) is 64.2 Å². The summed E-state index contributed by atoms with van der Waals surface area (Å²) in [7, 11) is 0. The van der Waals surface area contributed by atoms with Crippen molar-refractivity contribution in [3.05, 3.63) is 0 Å². The lowest BCUT2D eigenvalue weighted by atomic mass is 9.64. The van der Waals surface area contributed by atoms with Gasteiger partial charge < -0.3 is 10.4 Å². The third kappa shape index (κ3) is 3.17. The van der Waals surface area contributed by atoms with Gasteiger partial charge in [0, 0.05) is 31.1 Å². The highest BCUT2D eigenvalue weighted by Gasteiger charge is 2.43. The zero-order valence-corrected chi connectivity index (χ0v) is 14.3. The van der Waals surface area contributed by atoms with Crippen LogP contribution in [0.15, 0.2) is 0 Å². The monoisotopic (exact) mass is 320 g/mol. The van der Waals surface area contributed by atoms with Gasteiger partial charge >= 0.3 is 0 Å². The van der Waals surface area contributed by atoms with E-state index in [1.165, 1.54) is 51.4 Å². The Morgan fingerprint density at radius 3 is 2.13 bits per heavy atom. The van der Waals surface area contributed by atoms with E-state index in [0.717, 1.165) is 25.9 Å². The Bertz CT molecular complexity index is 419. The second kappa shape index (κ2) is 6.72. The molecule has 1 aliphatic heterocycles. The van der Waals surface area contributed by atoms with Crippen molar-refractivity contribution in [2.45, 2.75) is 82.4 Å².